The zero-order valence-corrected chi connectivity index (χ0v) is 12.2. The number of ether oxygens (including phenoxy) is 1. The van der Waals surface area contributed by atoms with Crippen LogP contribution in [0.25, 0.3) is 0 Å². The molecular weight excluding hydrogens is 256 g/mol. The number of nitrogens with one attached hydrogen (secondary N) is 1. The first kappa shape index (κ1) is 16.0. The van der Waals surface area contributed by atoms with E-state index in [1.807, 2.05) is 20.8 Å². The van der Waals surface area contributed by atoms with Gasteiger partial charge in [-0.05, 0) is 44.0 Å². The second-order valence-electron chi connectivity index (χ2n) is 4.97. The second-order valence-corrected chi connectivity index (χ2v) is 4.97. The highest BCUT2D eigenvalue weighted by atomic mass is 16.5. The van der Waals surface area contributed by atoms with Crippen LogP contribution in [0.5, 0.6) is 0 Å². The topological polar surface area (TPSA) is 81.4 Å². The number of hydrogen-bond donors (Lipinski definition) is 2. The maximum absolute atomic E-state index is 11.8. The Bertz CT molecular complexity index is 466. The molecule has 0 aliphatic carbocycles. The van der Waals surface area contributed by atoms with E-state index in [-0.39, 0.29) is 18.6 Å². The molecule has 1 atom stereocenters. The molecule has 1 unspecified atom stereocenters. The Morgan fingerprint density at radius 2 is 2.05 bits per heavy atom. The fraction of sp³-hybridized carbons (Fsp3) is 0.467. The quantitative estimate of drug-likeness (QED) is 0.616. The van der Waals surface area contributed by atoms with Crippen molar-refractivity contribution in [3.63, 3.8) is 0 Å². The van der Waals surface area contributed by atoms with Crippen molar-refractivity contribution >= 4 is 17.6 Å². The summed E-state index contributed by atoms with van der Waals surface area (Å²) in [6.45, 7) is 5.53. The summed E-state index contributed by atoms with van der Waals surface area (Å²) in [5, 5.41) is 2.77. The molecule has 1 amide bonds. The summed E-state index contributed by atoms with van der Waals surface area (Å²) in [7, 11) is 0. The molecule has 20 heavy (non-hydrogen) atoms. The molecule has 1 aromatic carbocycles. The van der Waals surface area contributed by atoms with Gasteiger partial charge in [0.2, 0.25) is 0 Å². The van der Waals surface area contributed by atoms with Gasteiger partial charge in [-0.25, -0.2) is 4.79 Å². The minimum absolute atomic E-state index is 0.0841. The Balaban J connectivity index is 2.48. The predicted molar refractivity (Wildman–Crippen MR) is 78.4 cm³/mol. The molecule has 0 heterocycles. The number of hydrogen-bond acceptors (Lipinski definition) is 4. The summed E-state index contributed by atoms with van der Waals surface area (Å²) in [5.74, 6) is -0.835. The van der Waals surface area contributed by atoms with Gasteiger partial charge in [0.05, 0.1) is 5.56 Å². The molecule has 110 valence electrons. The number of carbonyl (C=O) groups excluding carboxylic acids is 2. The number of anilines is 1. The zero-order valence-electron chi connectivity index (χ0n) is 12.2. The molecule has 0 saturated heterocycles. The fourth-order valence-electron chi connectivity index (χ4n) is 1.97. The van der Waals surface area contributed by atoms with Gasteiger partial charge in [-0.15, -0.1) is 0 Å². The van der Waals surface area contributed by atoms with Crippen molar-refractivity contribution in [2.75, 3.05) is 12.3 Å². The lowest BCUT2D eigenvalue weighted by molar-refractivity contribution is -0.124. The minimum Gasteiger partial charge on any atom is -0.452 e. The van der Waals surface area contributed by atoms with Crippen LogP contribution in [0.3, 0.4) is 0 Å². The van der Waals surface area contributed by atoms with Gasteiger partial charge in [0.15, 0.2) is 6.61 Å². The predicted octanol–water partition coefficient (Wildman–Crippen LogP) is 2.04. The van der Waals surface area contributed by atoms with Gasteiger partial charge < -0.3 is 15.8 Å². The molecule has 5 heteroatoms. The van der Waals surface area contributed by atoms with Crippen LogP contribution in [0.2, 0.25) is 0 Å². The Kier molecular flexibility index (Phi) is 6.03. The lowest BCUT2D eigenvalue weighted by Crippen LogP contribution is -2.35. The number of amides is 1. The smallest absolute Gasteiger partial charge is 0.338 e. The highest BCUT2D eigenvalue weighted by molar-refractivity contribution is 5.92. The molecule has 5 nitrogen and oxygen atoms in total. The van der Waals surface area contributed by atoms with Crippen LogP contribution >= 0.6 is 0 Å². The van der Waals surface area contributed by atoms with Crippen LogP contribution < -0.4 is 11.1 Å². The van der Waals surface area contributed by atoms with Crippen molar-refractivity contribution in [3.8, 4) is 0 Å². The minimum atomic E-state index is -0.543. The van der Waals surface area contributed by atoms with E-state index in [1.165, 1.54) is 6.07 Å². The van der Waals surface area contributed by atoms with E-state index in [1.54, 1.807) is 12.1 Å². The standard InChI is InChI=1S/C15H22N2O3/c1-4-5-11(3)17-14(18)9-20-15(19)12-6-10(2)7-13(16)8-12/h6-8,11H,4-5,9,16H2,1-3H3,(H,17,18). The molecule has 1 rings (SSSR count). The fourth-order valence-corrected chi connectivity index (χ4v) is 1.97. The summed E-state index contributed by atoms with van der Waals surface area (Å²) >= 11 is 0. The van der Waals surface area contributed by atoms with E-state index in [0.29, 0.717) is 11.3 Å². The molecule has 0 fully saturated rings. The van der Waals surface area contributed by atoms with Crippen molar-refractivity contribution in [3.05, 3.63) is 29.3 Å². The van der Waals surface area contributed by atoms with Crippen LogP contribution in [-0.2, 0) is 9.53 Å². The number of nitrogen functional groups attached to an aromatic ring is 1. The van der Waals surface area contributed by atoms with Gasteiger partial charge >= 0.3 is 5.97 Å². The number of nitrogens with two attached hydrogens (primary N) is 1. The zero-order chi connectivity index (χ0) is 15.1. The van der Waals surface area contributed by atoms with E-state index in [9.17, 15) is 9.59 Å². The van der Waals surface area contributed by atoms with Crippen LogP contribution in [0.1, 0.15) is 42.6 Å². The van der Waals surface area contributed by atoms with Crippen LogP contribution in [-0.4, -0.2) is 24.5 Å². The molecular formula is C15H22N2O3. The SMILES string of the molecule is CCCC(C)NC(=O)COC(=O)c1cc(C)cc(N)c1. The first-order valence-electron chi connectivity index (χ1n) is 6.76. The lowest BCUT2D eigenvalue weighted by atomic mass is 10.1. The van der Waals surface area contributed by atoms with E-state index in [2.05, 4.69) is 5.32 Å². The van der Waals surface area contributed by atoms with Gasteiger partial charge in [-0.1, -0.05) is 13.3 Å². The van der Waals surface area contributed by atoms with Crippen molar-refractivity contribution in [1.29, 1.82) is 0 Å². The van der Waals surface area contributed by atoms with E-state index in [4.69, 9.17) is 10.5 Å². The third-order valence-electron chi connectivity index (χ3n) is 2.80. The molecule has 1 aromatic rings. The molecule has 0 bridgehead atoms. The molecule has 0 aliphatic rings. The van der Waals surface area contributed by atoms with Gasteiger partial charge in [-0.2, -0.15) is 0 Å². The number of esters is 1. The van der Waals surface area contributed by atoms with Gasteiger partial charge in [0.1, 0.15) is 0 Å². The molecule has 0 aliphatic heterocycles. The summed E-state index contributed by atoms with van der Waals surface area (Å²) in [5.41, 5.74) is 7.39. The third-order valence-corrected chi connectivity index (χ3v) is 2.80. The lowest BCUT2D eigenvalue weighted by Gasteiger charge is -2.12. The average molecular weight is 278 g/mol. The van der Waals surface area contributed by atoms with Crippen molar-refractivity contribution < 1.29 is 14.3 Å². The van der Waals surface area contributed by atoms with Gasteiger partial charge in [0, 0.05) is 11.7 Å². The number of rotatable bonds is 6. The first-order chi connectivity index (χ1) is 9.42. The number of aryl methyl sites for hydroxylation is 1. The third kappa shape index (κ3) is 5.30. The van der Waals surface area contributed by atoms with Crippen LogP contribution in [0, 0.1) is 6.92 Å². The number of benzene rings is 1. The average Bonchev–Trinajstić information content (AvgIpc) is 2.35. The Hall–Kier alpha value is -2.04. The van der Waals surface area contributed by atoms with Crippen LogP contribution in [0.4, 0.5) is 5.69 Å². The Morgan fingerprint density at radius 1 is 1.35 bits per heavy atom. The van der Waals surface area contributed by atoms with Crippen molar-refractivity contribution in [2.45, 2.75) is 39.7 Å². The van der Waals surface area contributed by atoms with E-state index < -0.39 is 5.97 Å². The van der Waals surface area contributed by atoms with E-state index >= 15 is 0 Å². The monoisotopic (exact) mass is 278 g/mol. The molecule has 0 spiro atoms. The second kappa shape index (κ2) is 7.53. The summed E-state index contributed by atoms with van der Waals surface area (Å²) in [6.07, 6.45) is 1.89. The maximum atomic E-state index is 11.8. The first-order valence-corrected chi connectivity index (χ1v) is 6.76. The summed E-state index contributed by atoms with van der Waals surface area (Å²) in [4.78, 5) is 23.4. The highest BCUT2D eigenvalue weighted by Crippen LogP contribution is 2.12. The molecule has 3 N–H and O–H groups in total. The van der Waals surface area contributed by atoms with Crippen molar-refractivity contribution in [2.24, 2.45) is 0 Å². The van der Waals surface area contributed by atoms with E-state index in [0.717, 1.165) is 18.4 Å². The van der Waals surface area contributed by atoms with Crippen LogP contribution in [0.15, 0.2) is 18.2 Å². The van der Waals surface area contributed by atoms with Gasteiger partial charge in [0.25, 0.3) is 5.91 Å². The Labute approximate surface area is 119 Å². The summed E-state index contributed by atoms with van der Waals surface area (Å²) in [6, 6.07) is 5.06. The summed E-state index contributed by atoms with van der Waals surface area (Å²) < 4.78 is 4.97. The maximum Gasteiger partial charge on any atom is 0.338 e. The Morgan fingerprint density at radius 3 is 2.65 bits per heavy atom. The van der Waals surface area contributed by atoms with Gasteiger partial charge in [-0.3, -0.25) is 4.79 Å². The molecule has 0 saturated carbocycles. The van der Waals surface area contributed by atoms with Crippen molar-refractivity contribution in [1.82, 2.24) is 5.32 Å². The molecule has 0 radical (unpaired) electrons. The highest BCUT2D eigenvalue weighted by Gasteiger charge is 2.12. The molecule has 0 aromatic heterocycles. The number of carbonyl (C=O) groups is 2. The largest absolute Gasteiger partial charge is 0.452 e. The normalized spacial score (nSPS) is 11.8.